The summed E-state index contributed by atoms with van der Waals surface area (Å²) in [6.45, 7) is 1.98. The molecular weight excluding hydrogens is 417 g/mol. The molecule has 0 bridgehead atoms. The minimum absolute atomic E-state index is 0.157. The van der Waals surface area contributed by atoms with E-state index in [9.17, 15) is 4.79 Å². The molecule has 0 aliphatic rings. The van der Waals surface area contributed by atoms with Gasteiger partial charge in [-0.2, -0.15) is 0 Å². The number of hydrogen-bond donors (Lipinski definition) is 1. The lowest BCUT2D eigenvalue weighted by molar-refractivity contribution is 0.0914. The number of carbonyl (C=O) groups is 1. The van der Waals surface area contributed by atoms with Gasteiger partial charge in [0, 0.05) is 15.4 Å². The van der Waals surface area contributed by atoms with Crippen molar-refractivity contribution in [2.75, 3.05) is 5.33 Å². The summed E-state index contributed by atoms with van der Waals surface area (Å²) < 4.78 is 0.770. The summed E-state index contributed by atoms with van der Waals surface area (Å²) in [6, 6.07) is 15.0. The standard InChI is InChI=1S/C16H14Br2ClNO/c1-16(10-17,12-5-3-2-4-6-12)20-15(21)11-7-8-13(18)14(19)9-11/h2-9H,10H2,1H3,(H,20,21). The molecule has 0 aliphatic carbocycles. The Labute approximate surface area is 146 Å². The Balaban J connectivity index is 2.26. The highest BCUT2D eigenvalue weighted by molar-refractivity contribution is 9.10. The molecule has 1 atom stereocenters. The van der Waals surface area contributed by atoms with Crippen molar-refractivity contribution in [1.82, 2.24) is 5.32 Å². The van der Waals surface area contributed by atoms with Crippen molar-refractivity contribution in [3.05, 3.63) is 69.2 Å². The second-order valence-corrected chi connectivity index (χ2v) is 6.74. The van der Waals surface area contributed by atoms with Crippen molar-refractivity contribution < 1.29 is 4.79 Å². The zero-order valence-corrected chi connectivity index (χ0v) is 15.3. The summed E-state index contributed by atoms with van der Waals surface area (Å²) in [5.74, 6) is -0.157. The van der Waals surface area contributed by atoms with Gasteiger partial charge in [0.1, 0.15) is 0 Å². The lowest BCUT2D eigenvalue weighted by Crippen LogP contribution is -2.44. The number of hydrogen-bond acceptors (Lipinski definition) is 1. The van der Waals surface area contributed by atoms with Crippen LogP contribution in [0.25, 0.3) is 0 Å². The fraction of sp³-hybridized carbons (Fsp3) is 0.188. The van der Waals surface area contributed by atoms with Gasteiger partial charge in [-0.15, -0.1) is 0 Å². The first-order chi connectivity index (χ1) is 9.96. The van der Waals surface area contributed by atoms with E-state index in [2.05, 4.69) is 37.2 Å². The number of halogens is 3. The quantitative estimate of drug-likeness (QED) is 0.667. The maximum absolute atomic E-state index is 12.5. The fourth-order valence-electron chi connectivity index (χ4n) is 1.95. The second kappa shape index (κ2) is 6.95. The summed E-state index contributed by atoms with van der Waals surface area (Å²) >= 11 is 12.9. The van der Waals surface area contributed by atoms with Crippen molar-refractivity contribution >= 4 is 49.4 Å². The Morgan fingerprint density at radius 1 is 1.24 bits per heavy atom. The average Bonchev–Trinajstić information content (AvgIpc) is 2.50. The third-order valence-corrected chi connectivity index (χ3v) is 5.60. The van der Waals surface area contributed by atoms with Crippen LogP contribution in [0.4, 0.5) is 0 Å². The van der Waals surface area contributed by atoms with Crippen LogP contribution in [-0.2, 0) is 5.54 Å². The van der Waals surface area contributed by atoms with Gasteiger partial charge in [-0.25, -0.2) is 0 Å². The van der Waals surface area contributed by atoms with Gasteiger partial charge in [0.05, 0.1) is 10.6 Å². The molecule has 0 heterocycles. The maximum Gasteiger partial charge on any atom is 0.252 e. The van der Waals surface area contributed by atoms with Gasteiger partial charge in [-0.05, 0) is 46.6 Å². The number of benzene rings is 2. The van der Waals surface area contributed by atoms with E-state index in [-0.39, 0.29) is 5.91 Å². The summed E-state index contributed by atoms with van der Waals surface area (Å²) in [5, 5.41) is 4.19. The minimum Gasteiger partial charge on any atom is -0.342 e. The number of amides is 1. The van der Waals surface area contributed by atoms with E-state index in [1.165, 1.54) is 0 Å². The van der Waals surface area contributed by atoms with E-state index in [1.807, 2.05) is 37.3 Å². The lowest BCUT2D eigenvalue weighted by atomic mass is 9.94. The van der Waals surface area contributed by atoms with Crippen LogP contribution >= 0.6 is 43.5 Å². The van der Waals surface area contributed by atoms with Gasteiger partial charge in [0.2, 0.25) is 0 Å². The first-order valence-corrected chi connectivity index (χ1v) is 8.64. The zero-order chi connectivity index (χ0) is 15.5. The molecule has 2 nitrogen and oxygen atoms in total. The Hall–Kier alpha value is -0.840. The Morgan fingerprint density at radius 2 is 1.90 bits per heavy atom. The van der Waals surface area contributed by atoms with Gasteiger partial charge in [-0.1, -0.05) is 57.9 Å². The molecule has 110 valence electrons. The smallest absolute Gasteiger partial charge is 0.252 e. The number of nitrogens with one attached hydrogen (secondary N) is 1. The van der Waals surface area contributed by atoms with Crippen molar-refractivity contribution in [2.45, 2.75) is 12.5 Å². The van der Waals surface area contributed by atoms with Crippen LogP contribution in [-0.4, -0.2) is 11.2 Å². The highest BCUT2D eigenvalue weighted by atomic mass is 79.9. The molecule has 0 spiro atoms. The van der Waals surface area contributed by atoms with Crippen molar-refractivity contribution in [3.63, 3.8) is 0 Å². The molecule has 0 radical (unpaired) electrons. The van der Waals surface area contributed by atoms with Gasteiger partial charge >= 0.3 is 0 Å². The van der Waals surface area contributed by atoms with E-state index in [4.69, 9.17) is 11.6 Å². The largest absolute Gasteiger partial charge is 0.342 e. The van der Waals surface area contributed by atoms with Crippen molar-refractivity contribution in [3.8, 4) is 0 Å². The van der Waals surface area contributed by atoms with Crippen LogP contribution in [0.1, 0.15) is 22.8 Å². The van der Waals surface area contributed by atoms with Gasteiger partial charge in [-0.3, -0.25) is 4.79 Å². The average molecular weight is 432 g/mol. The first-order valence-electron chi connectivity index (χ1n) is 6.35. The predicted molar refractivity (Wildman–Crippen MR) is 94.2 cm³/mol. The lowest BCUT2D eigenvalue weighted by Gasteiger charge is -2.29. The topological polar surface area (TPSA) is 29.1 Å². The highest BCUT2D eigenvalue weighted by Crippen LogP contribution is 2.26. The van der Waals surface area contributed by atoms with Crippen LogP contribution in [0.2, 0.25) is 5.02 Å². The molecule has 0 fully saturated rings. The van der Waals surface area contributed by atoms with Crippen LogP contribution < -0.4 is 5.32 Å². The molecule has 0 saturated carbocycles. The van der Waals surface area contributed by atoms with Crippen LogP contribution in [0.15, 0.2) is 53.0 Å². The third-order valence-electron chi connectivity index (χ3n) is 3.25. The molecule has 1 N–H and O–H groups in total. The summed E-state index contributed by atoms with van der Waals surface area (Å²) in [7, 11) is 0. The molecule has 2 aromatic carbocycles. The normalized spacial score (nSPS) is 13.5. The Bertz CT molecular complexity index is 648. The monoisotopic (exact) mass is 429 g/mol. The van der Waals surface area contributed by atoms with E-state index in [0.717, 1.165) is 10.0 Å². The molecule has 21 heavy (non-hydrogen) atoms. The maximum atomic E-state index is 12.5. The van der Waals surface area contributed by atoms with E-state index >= 15 is 0 Å². The first kappa shape index (κ1) is 16.5. The van der Waals surface area contributed by atoms with E-state index in [1.54, 1.807) is 18.2 Å². The molecule has 5 heteroatoms. The second-order valence-electron chi connectivity index (χ2n) is 4.91. The molecule has 2 aromatic rings. The zero-order valence-electron chi connectivity index (χ0n) is 11.4. The molecule has 0 saturated heterocycles. The molecule has 0 aromatic heterocycles. The number of carbonyl (C=O) groups excluding carboxylic acids is 1. The van der Waals surface area contributed by atoms with Crippen molar-refractivity contribution in [2.24, 2.45) is 0 Å². The van der Waals surface area contributed by atoms with E-state index in [0.29, 0.717) is 15.9 Å². The van der Waals surface area contributed by atoms with Crippen LogP contribution in [0.3, 0.4) is 0 Å². The number of rotatable bonds is 4. The third kappa shape index (κ3) is 3.87. The van der Waals surface area contributed by atoms with Gasteiger partial charge in [0.15, 0.2) is 0 Å². The Morgan fingerprint density at radius 3 is 2.48 bits per heavy atom. The molecule has 1 amide bonds. The minimum atomic E-state index is -0.488. The molecular formula is C16H14Br2ClNO. The fourth-order valence-corrected chi connectivity index (χ4v) is 2.84. The van der Waals surface area contributed by atoms with E-state index < -0.39 is 5.54 Å². The Kier molecular flexibility index (Phi) is 5.47. The summed E-state index contributed by atoms with van der Waals surface area (Å²) in [5.41, 5.74) is 1.09. The highest BCUT2D eigenvalue weighted by Gasteiger charge is 2.27. The van der Waals surface area contributed by atoms with Crippen molar-refractivity contribution in [1.29, 1.82) is 0 Å². The predicted octanol–water partition coefficient (Wildman–Crippen LogP) is 5.14. The van der Waals surface area contributed by atoms with Crippen LogP contribution in [0.5, 0.6) is 0 Å². The van der Waals surface area contributed by atoms with Gasteiger partial charge < -0.3 is 5.32 Å². The molecule has 0 aliphatic heterocycles. The number of alkyl halides is 1. The summed E-state index contributed by atoms with van der Waals surface area (Å²) in [6.07, 6.45) is 0. The summed E-state index contributed by atoms with van der Waals surface area (Å²) in [4.78, 5) is 12.5. The van der Waals surface area contributed by atoms with Gasteiger partial charge in [0.25, 0.3) is 5.91 Å². The van der Waals surface area contributed by atoms with Crippen LogP contribution in [0, 0.1) is 0 Å². The molecule has 1 unspecified atom stereocenters. The SMILES string of the molecule is CC(CBr)(NC(=O)c1ccc(Br)c(Cl)c1)c1ccccc1. The molecule has 2 rings (SSSR count).